The van der Waals surface area contributed by atoms with Crippen LogP contribution in [-0.2, 0) is 9.59 Å². The second-order valence-corrected chi connectivity index (χ2v) is 4.40. The van der Waals surface area contributed by atoms with E-state index in [0.717, 1.165) is 12.8 Å². The molecule has 15 heavy (non-hydrogen) atoms. The summed E-state index contributed by atoms with van der Waals surface area (Å²) >= 11 is 0. The number of aliphatic carboxylic acids is 1. The maximum atomic E-state index is 11.6. The van der Waals surface area contributed by atoms with Gasteiger partial charge in [0.15, 0.2) is 0 Å². The summed E-state index contributed by atoms with van der Waals surface area (Å²) in [7, 11) is 0. The van der Waals surface area contributed by atoms with E-state index in [1.54, 1.807) is 6.92 Å². The number of nitrogens with two attached hydrogens (primary N) is 1. The van der Waals surface area contributed by atoms with Crippen molar-refractivity contribution < 1.29 is 14.7 Å². The van der Waals surface area contributed by atoms with Crippen LogP contribution < -0.4 is 11.1 Å². The summed E-state index contributed by atoms with van der Waals surface area (Å²) in [5, 5.41) is 11.3. The van der Waals surface area contributed by atoms with Crippen LogP contribution in [0.25, 0.3) is 0 Å². The predicted molar refractivity (Wildman–Crippen MR) is 55.1 cm³/mol. The van der Waals surface area contributed by atoms with Gasteiger partial charge in [0.25, 0.3) is 0 Å². The molecule has 0 aromatic carbocycles. The molecular weight excluding hydrogens is 196 g/mol. The first-order valence-corrected chi connectivity index (χ1v) is 5.20. The topological polar surface area (TPSA) is 92.4 Å². The molecular formula is C10H18N2O3. The van der Waals surface area contributed by atoms with Crippen molar-refractivity contribution in [1.29, 1.82) is 0 Å². The van der Waals surface area contributed by atoms with E-state index in [2.05, 4.69) is 5.32 Å². The minimum absolute atomic E-state index is 0.0257. The number of carbonyl (C=O) groups is 2. The lowest BCUT2D eigenvalue weighted by atomic mass is 10.1. The van der Waals surface area contributed by atoms with E-state index in [1.165, 1.54) is 0 Å². The summed E-state index contributed by atoms with van der Waals surface area (Å²) in [6.07, 6.45) is 1.78. The summed E-state index contributed by atoms with van der Waals surface area (Å²) in [5.41, 5.74) is 5.16. The SMILES string of the molecule is CC(CNC(=O)C1(CN)CC1)CC(=O)O. The Morgan fingerprint density at radius 3 is 2.53 bits per heavy atom. The Hall–Kier alpha value is -1.10. The number of hydrogen-bond donors (Lipinski definition) is 3. The summed E-state index contributed by atoms with van der Waals surface area (Å²) in [5.74, 6) is -0.904. The molecule has 1 rings (SSSR count). The first-order chi connectivity index (χ1) is 7.00. The first-order valence-electron chi connectivity index (χ1n) is 5.20. The monoisotopic (exact) mass is 214 g/mol. The standard InChI is InChI=1S/C10H18N2O3/c1-7(4-8(13)14)5-12-9(15)10(6-11)2-3-10/h7H,2-6,11H2,1H3,(H,12,15)(H,13,14). The third kappa shape index (κ3) is 3.20. The third-order valence-electron chi connectivity index (χ3n) is 2.86. The highest BCUT2D eigenvalue weighted by atomic mass is 16.4. The zero-order chi connectivity index (χ0) is 11.5. The maximum absolute atomic E-state index is 11.6. The van der Waals surface area contributed by atoms with Crippen molar-refractivity contribution >= 4 is 11.9 Å². The maximum Gasteiger partial charge on any atom is 0.303 e. The molecule has 0 saturated heterocycles. The Morgan fingerprint density at radius 2 is 2.13 bits per heavy atom. The van der Waals surface area contributed by atoms with Crippen molar-refractivity contribution in [2.45, 2.75) is 26.2 Å². The van der Waals surface area contributed by atoms with Crippen LogP contribution in [0.4, 0.5) is 0 Å². The van der Waals surface area contributed by atoms with Crippen LogP contribution >= 0.6 is 0 Å². The number of rotatable bonds is 6. The summed E-state index contributed by atoms with van der Waals surface area (Å²) < 4.78 is 0. The summed E-state index contributed by atoms with van der Waals surface area (Å²) in [6.45, 7) is 2.59. The molecule has 1 aliphatic rings. The van der Waals surface area contributed by atoms with Gasteiger partial charge in [-0.1, -0.05) is 6.92 Å². The van der Waals surface area contributed by atoms with Gasteiger partial charge in [-0.05, 0) is 18.8 Å². The third-order valence-corrected chi connectivity index (χ3v) is 2.86. The van der Waals surface area contributed by atoms with Crippen LogP contribution in [0.1, 0.15) is 26.2 Å². The van der Waals surface area contributed by atoms with Crippen molar-refractivity contribution in [1.82, 2.24) is 5.32 Å². The quantitative estimate of drug-likeness (QED) is 0.578. The molecule has 0 spiro atoms. The normalized spacial score (nSPS) is 19.3. The summed E-state index contributed by atoms with van der Waals surface area (Å²) in [6, 6.07) is 0. The van der Waals surface area contributed by atoms with E-state index in [1.807, 2.05) is 0 Å². The van der Waals surface area contributed by atoms with Gasteiger partial charge in [0.2, 0.25) is 5.91 Å². The molecule has 4 N–H and O–H groups in total. The van der Waals surface area contributed by atoms with Gasteiger partial charge in [-0.25, -0.2) is 0 Å². The second-order valence-electron chi connectivity index (χ2n) is 4.40. The van der Waals surface area contributed by atoms with Crippen molar-refractivity contribution in [3.63, 3.8) is 0 Å². The van der Waals surface area contributed by atoms with E-state index in [-0.39, 0.29) is 23.7 Å². The van der Waals surface area contributed by atoms with Gasteiger partial charge >= 0.3 is 5.97 Å². The fraction of sp³-hybridized carbons (Fsp3) is 0.800. The number of carboxylic acids is 1. The van der Waals surface area contributed by atoms with E-state index < -0.39 is 5.97 Å². The number of carboxylic acid groups (broad SMARTS) is 1. The molecule has 86 valence electrons. The molecule has 1 fully saturated rings. The lowest BCUT2D eigenvalue weighted by Gasteiger charge is -2.15. The van der Waals surface area contributed by atoms with Crippen LogP contribution in [0.15, 0.2) is 0 Å². The van der Waals surface area contributed by atoms with Crippen LogP contribution in [0.3, 0.4) is 0 Å². The fourth-order valence-corrected chi connectivity index (χ4v) is 1.50. The van der Waals surface area contributed by atoms with E-state index in [9.17, 15) is 9.59 Å². The van der Waals surface area contributed by atoms with Crippen molar-refractivity contribution in [2.24, 2.45) is 17.1 Å². The highest BCUT2D eigenvalue weighted by molar-refractivity contribution is 5.85. The highest BCUT2D eigenvalue weighted by Gasteiger charge is 2.48. The van der Waals surface area contributed by atoms with Gasteiger partial charge in [-0.2, -0.15) is 0 Å². The Labute approximate surface area is 89.0 Å². The Kier molecular flexibility index (Phi) is 3.68. The molecule has 0 aliphatic heterocycles. The number of amides is 1. The average Bonchev–Trinajstić information content (AvgIpc) is 2.93. The molecule has 5 nitrogen and oxygen atoms in total. The van der Waals surface area contributed by atoms with E-state index in [4.69, 9.17) is 10.8 Å². The Bertz CT molecular complexity index is 261. The van der Waals surface area contributed by atoms with E-state index in [0.29, 0.717) is 13.1 Å². The lowest BCUT2D eigenvalue weighted by molar-refractivity contribution is -0.138. The molecule has 0 bridgehead atoms. The molecule has 0 aromatic heterocycles. The molecule has 1 aliphatic carbocycles. The Balaban J connectivity index is 2.25. The Morgan fingerprint density at radius 1 is 1.53 bits per heavy atom. The molecule has 1 unspecified atom stereocenters. The van der Waals surface area contributed by atoms with Crippen molar-refractivity contribution in [2.75, 3.05) is 13.1 Å². The number of hydrogen-bond acceptors (Lipinski definition) is 3. The molecule has 1 saturated carbocycles. The van der Waals surface area contributed by atoms with Crippen LogP contribution in [0, 0.1) is 11.3 Å². The minimum atomic E-state index is -0.836. The molecule has 0 aromatic rings. The number of nitrogens with one attached hydrogen (secondary N) is 1. The van der Waals surface area contributed by atoms with Gasteiger partial charge in [-0.15, -0.1) is 0 Å². The van der Waals surface area contributed by atoms with Crippen LogP contribution in [-0.4, -0.2) is 30.1 Å². The smallest absolute Gasteiger partial charge is 0.303 e. The summed E-state index contributed by atoms with van der Waals surface area (Å²) in [4.78, 5) is 22.0. The molecule has 5 heteroatoms. The van der Waals surface area contributed by atoms with Crippen molar-refractivity contribution in [3.05, 3.63) is 0 Å². The fourth-order valence-electron chi connectivity index (χ4n) is 1.50. The average molecular weight is 214 g/mol. The van der Waals surface area contributed by atoms with Gasteiger partial charge < -0.3 is 16.2 Å². The largest absolute Gasteiger partial charge is 0.481 e. The molecule has 1 amide bonds. The van der Waals surface area contributed by atoms with Gasteiger partial charge in [0.05, 0.1) is 5.41 Å². The molecule has 1 atom stereocenters. The van der Waals surface area contributed by atoms with Gasteiger partial charge in [-0.3, -0.25) is 9.59 Å². The molecule has 0 radical (unpaired) electrons. The zero-order valence-corrected chi connectivity index (χ0v) is 8.95. The minimum Gasteiger partial charge on any atom is -0.481 e. The second kappa shape index (κ2) is 4.61. The van der Waals surface area contributed by atoms with Gasteiger partial charge in [0.1, 0.15) is 0 Å². The molecule has 0 heterocycles. The zero-order valence-electron chi connectivity index (χ0n) is 8.95. The predicted octanol–water partition coefficient (Wildman–Crippen LogP) is -0.0477. The van der Waals surface area contributed by atoms with Crippen LogP contribution in [0.2, 0.25) is 0 Å². The first kappa shape index (κ1) is 12.0. The lowest BCUT2D eigenvalue weighted by Crippen LogP contribution is -2.38. The van der Waals surface area contributed by atoms with Crippen molar-refractivity contribution in [3.8, 4) is 0 Å². The van der Waals surface area contributed by atoms with Gasteiger partial charge in [0, 0.05) is 19.5 Å². The number of carbonyl (C=O) groups excluding carboxylic acids is 1. The van der Waals surface area contributed by atoms with Crippen LogP contribution in [0.5, 0.6) is 0 Å². The highest BCUT2D eigenvalue weighted by Crippen LogP contribution is 2.44. The van der Waals surface area contributed by atoms with E-state index >= 15 is 0 Å².